The Labute approximate surface area is 112 Å². The van der Waals surface area contributed by atoms with Crippen LogP contribution in [-0.4, -0.2) is 4.57 Å². The summed E-state index contributed by atoms with van der Waals surface area (Å²) in [6, 6.07) is 5.87. The van der Waals surface area contributed by atoms with E-state index in [1.54, 1.807) is 19.2 Å². The number of anilines is 1. The predicted octanol–water partition coefficient (Wildman–Crippen LogP) is 2.69. The van der Waals surface area contributed by atoms with Crippen molar-refractivity contribution in [1.82, 2.24) is 4.57 Å². The highest BCUT2D eigenvalue weighted by Crippen LogP contribution is 2.19. The number of aryl methyl sites for hydroxylation is 1. The number of halogens is 2. The molecule has 5 heteroatoms. The number of aromatic nitrogens is 1. The number of nitrogens with zero attached hydrogens (tertiary/aromatic N) is 1. The molecule has 0 amide bonds. The first-order valence-electron chi connectivity index (χ1n) is 5.38. The monoisotopic (exact) mass is 310 g/mol. The minimum atomic E-state index is -0.318. The summed E-state index contributed by atoms with van der Waals surface area (Å²) in [4.78, 5) is 11.8. The molecule has 2 rings (SSSR count). The summed E-state index contributed by atoms with van der Waals surface area (Å²) in [5, 5.41) is 0. The number of pyridine rings is 1. The van der Waals surface area contributed by atoms with Crippen molar-refractivity contribution >= 4 is 21.6 Å². The van der Waals surface area contributed by atoms with Crippen LogP contribution >= 0.6 is 15.9 Å². The van der Waals surface area contributed by atoms with Crippen molar-refractivity contribution in [3.05, 3.63) is 62.2 Å². The fraction of sp³-hybridized carbons (Fsp3) is 0.154. The molecule has 0 aliphatic rings. The Morgan fingerprint density at radius 1 is 1.39 bits per heavy atom. The van der Waals surface area contributed by atoms with Crippen LogP contribution in [0.15, 0.2) is 39.7 Å². The summed E-state index contributed by atoms with van der Waals surface area (Å²) >= 11 is 3.28. The lowest BCUT2D eigenvalue weighted by molar-refractivity contribution is 0.624. The fourth-order valence-electron chi connectivity index (χ4n) is 1.64. The van der Waals surface area contributed by atoms with Gasteiger partial charge in [-0.1, -0.05) is 22.0 Å². The minimum Gasteiger partial charge on any atom is -0.397 e. The zero-order valence-electron chi connectivity index (χ0n) is 9.78. The quantitative estimate of drug-likeness (QED) is 0.927. The van der Waals surface area contributed by atoms with Crippen LogP contribution < -0.4 is 11.3 Å². The van der Waals surface area contributed by atoms with Crippen LogP contribution in [-0.2, 0) is 6.54 Å². The summed E-state index contributed by atoms with van der Waals surface area (Å²) in [6.45, 7) is 2.14. The summed E-state index contributed by atoms with van der Waals surface area (Å²) in [7, 11) is 0. The highest BCUT2D eigenvalue weighted by atomic mass is 79.9. The zero-order valence-corrected chi connectivity index (χ0v) is 11.4. The summed E-state index contributed by atoms with van der Waals surface area (Å²) in [5.41, 5.74) is 7.79. The lowest BCUT2D eigenvalue weighted by atomic mass is 10.2. The van der Waals surface area contributed by atoms with Gasteiger partial charge in [0, 0.05) is 16.7 Å². The highest BCUT2D eigenvalue weighted by molar-refractivity contribution is 9.10. The molecule has 0 saturated carbocycles. The zero-order chi connectivity index (χ0) is 13.3. The highest BCUT2D eigenvalue weighted by Gasteiger charge is 2.05. The Kier molecular flexibility index (Phi) is 3.52. The standard InChI is InChI=1S/C13H12BrFN2O/c1-8-4-13(18)17(7-12(8)16)6-9-2-3-10(15)5-11(9)14/h2-5,7H,6,16H2,1H3. The second-order valence-corrected chi connectivity index (χ2v) is 4.97. The Hall–Kier alpha value is -1.62. The van der Waals surface area contributed by atoms with Gasteiger partial charge in [-0.3, -0.25) is 4.79 Å². The maximum atomic E-state index is 13.0. The van der Waals surface area contributed by atoms with Crippen molar-refractivity contribution in [2.75, 3.05) is 5.73 Å². The van der Waals surface area contributed by atoms with Gasteiger partial charge >= 0.3 is 0 Å². The van der Waals surface area contributed by atoms with Crippen LogP contribution in [0.3, 0.4) is 0 Å². The van der Waals surface area contributed by atoms with E-state index in [4.69, 9.17) is 5.73 Å². The van der Waals surface area contributed by atoms with E-state index in [1.807, 2.05) is 0 Å². The number of nitrogens with two attached hydrogens (primary N) is 1. The van der Waals surface area contributed by atoms with Crippen LogP contribution in [0.25, 0.3) is 0 Å². The Morgan fingerprint density at radius 2 is 2.11 bits per heavy atom. The first kappa shape index (κ1) is 12.8. The Bertz CT molecular complexity index is 652. The Balaban J connectivity index is 2.40. The number of hydrogen-bond donors (Lipinski definition) is 1. The third-order valence-electron chi connectivity index (χ3n) is 2.73. The molecule has 0 unspecified atom stereocenters. The van der Waals surface area contributed by atoms with Crippen LogP contribution in [0.2, 0.25) is 0 Å². The largest absolute Gasteiger partial charge is 0.397 e. The van der Waals surface area contributed by atoms with Gasteiger partial charge in [0.05, 0.1) is 12.2 Å². The minimum absolute atomic E-state index is 0.127. The van der Waals surface area contributed by atoms with Gasteiger partial charge in [0.25, 0.3) is 5.56 Å². The molecule has 0 aliphatic heterocycles. The average Bonchev–Trinajstić information content (AvgIpc) is 2.29. The molecule has 0 spiro atoms. The van der Waals surface area contributed by atoms with E-state index in [9.17, 15) is 9.18 Å². The molecule has 0 fully saturated rings. The molecule has 1 aromatic carbocycles. The topological polar surface area (TPSA) is 48.0 Å². The van der Waals surface area contributed by atoms with Gasteiger partial charge in [-0.25, -0.2) is 4.39 Å². The molecule has 94 valence electrons. The van der Waals surface area contributed by atoms with Gasteiger partial charge in [0.15, 0.2) is 0 Å². The number of benzene rings is 1. The van der Waals surface area contributed by atoms with E-state index in [0.717, 1.165) is 11.1 Å². The maximum absolute atomic E-state index is 13.0. The molecular formula is C13H12BrFN2O. The smallest absolute Gasteiger partial charge is 0.251 e. The fourth-order valence-corrected chi connectivity index (χ4v) is 2.12. The van der Waals surface area contributed by atoms with Crippen LogP contribution in [0.1, 0.15) is 11.1 Å². The molecule has 1 aromatic heterocycles. The SMILES string of the molecule is Cc1cc(=O)n(Cc2ccc(F)cc2Br)cc1N. The van der Waals surface area contributed by atoms with Gasteiger partial charge in [0.2, 0.25) is 0 Å². The lowest BCUT2D eigenvalue weighted by Crippen LogP contribution is -2.20. The van der Waals surface area contributed by atoms with Crippen LogP contribution in [0.5, 0.6) is 0 Å². The first-order chi connectivity index (χ1) is 8.47. The molecule has 2 N–H and O–H groups in total. The van der Waals surface area contributed by atoms with Crippen molar-refractivity contribution in [2.45, 2.75) is 13.5 Å². The second-order valence-electron chi connectivity index (χ2n) is 4.11. The van der Waals surface area contributed by atoms with E-state index in [0.29, 0.717) is 16.7 Å². The maximum Gasteiger partial charge on any atom is 0.251 e. The van der Waals surface area contributed by atoms with Crippen LogP contribution in [0.4, 0.5) is 10.1 Å². The molecule has 1 heterocycles. The molecular weight excluding hydrogens is 299 g/mol. The van der Waals surface area contributed by atoms with E-state index in [-0.39, 0.29) is 11.4 Å². The molecule has 0 radical (unpaired) electrons. The first-order valence-corrected chi connectivity index (χ1v) is 6.17. The number of hydrogen-bond acceptors (Lipinski definition) is 2. The molecule has 0 saturated heterocycles. The normalized spacial score (nSPS) is 10.6. The van der Waals surface area contributed by atoms with Crippen molar-refractivity contribution < 1.29 is 4.39 Å². The van der Waals surface area contributed by atoms with Crippen molar-refractivity contribution in [3.63, 3.8) is 0 Å². The van der Waals surface area contributed by atoms with Gasteiger partial charge in [-0.15, -0.1) is 0 Å². The predicted molar refractivity (Wildman–Crippen MR) is 73.1 cm³/mol. The van der Waals surface area contributed by atoms with Gasteiger partial charge in [-0.2, -0.15) is 0 Å². The summed E-state index contributed by atoms with van der Waals surface area (Å²) in [6.07, 6.45) is 1.60. The third kappa shape index (κ3) is 2.61. The molecule has 0 aliphatic carbocycles. The molecule has 3 nitrogen and oxygen atoms in total. The van der Waals surface area contributed by atoms with Crippen molar-refractivity contribution in [1.29, 1.82) is 0 Å². The van der Waals surface area contributed by atoms with Gasteiger partial charge in [0.1, 0.15) is 5.82 Å². The van der Waals surface area contributed by atoms with Gasteiger partial charge < -0.3 is 10.3 Å². The Morgan fingerprint density at radius 3 is 2.78 bits per heavy atom. The number of rotatable bonds is 2. The average molecular weight is 311 g/mol. The summed E-state index contributed by atoms with van der Waals surface area (Å²) < 4.78 is 15.1. The summed E-state index contributed by atoms with van der Waals surface area (Å²) in [5.74, 6) is -0.318. The molecule has 2 aromatic rings. The van der Waals surface area contributed by atoms with Crippen LogP contribution in [0, 0.1) is 12.7 Å². The lowest BCUT2D eigenvalue weighted by Gasteiger charge is -2.10. The van der Waals surface area contributed by atoms with E-state index < -0.39 is 0 Å². The van der Waals surface area contributed by atoms with E-state index in [2.05, 4.69) is 15.9 Å². The molecule has 0 bridgehead atoms. The molecule has 0 atom stereocenters. The second kappa shape index (κ2) is 4.94. The number of nitrogen functional groups attached to an aromatic ring is 1. The van der Waals surface area contributed by atoms with Crippen molar-refractivity contribution in [2.24, 2.45) is 0 Å². The van der Waals surface area contributed by atoms with Gasteiger partial charge in [-0.05, 0) is 30.2 Å². The third-order valence-corrected chi connectivity index (χ3v) is 3.47. The van der Waals surface area contributed by atoms with Crippen molar-refractivity contribution in [3.8, 4) is 0 Å². The van der Waals surface area contributed by atoms with E-state index >= 15 is 0 Å². The van der Waals surface area contributed by atoms with E-state index in [1.165, 1.54) is 22.8 Å². The molecule has 18 heavy (non-hydrogen) atoms.